The minimum Gasteiger partial charge on any atom is -0.461 e. The number of ether oxygens (including phenoxy) is 5. The van der Waals surface area contributed by atoms with Crippen molar-refractivity contribution in [2.75, 3.05) is 13.2 Å². The maximum Gasteiger partial charge on any atom is 0.338 e. The number of rotatable bonds is 6. The first-order valence-electron chi connectivity index (χ1n) is 12.0. The summed E-state index contributed by atoms with van der Waals surface area (Å²) in [6, 6.07) is 0. The highest BCUT2D eigenvalue weighted by Gasteiger charge is 2.69. The van der Waals surface area contributed by atoms with Gasteiger partial charge >= 0.3 is 23.9 Å². The van der Waals surface area contributed by atoms with Gasteiger partial charge in [0.2, 0.25) is 0 Å². The fourth-order valence-electron chi connectivity index (χ4n) is 5.69. The normalized spacial score (nSPS) is 39.3. The SMILES string of the molecule is C=C(CO)C(=O)OC1C[C@@]2(C)OC(=O)[C@H](CC)[C@]2(O)CC[C@@]2(C)O[C@@H]2[C@H]2OC(=O)C(COC(C)=O)=C12. The Balaban J connectivity index is 1.86. The lowest BCUT2D eigenvalue weighted by Crippen LogP contribution is -2.55. The standard InChI is InChI=1S/C25H32O11/c1-6-15-22(30)36-24(5)9-16(33-20(28)12(2)10-26)17-14(11-32-13(3)27)21(29)34-18(17)19-23(4,35-19)7-8-25(15,24)31/h15-16,18-19,26,31H,2,6-11H2,1,3-5H3/t15-,16?,18-,19+,23+,24+,25+/m0/s1. The summed E-state index contributed by atoms with van der Waals surface area (Å²) in [6.07, 6.45) is -2.21. The second kappa shape index (κ2) is 8.97. The van der Waals surface area contributed by atoms with Gasteiger partial charge in [0.25, 0.3) is 0 Å². The zero-order valence-corrected chi connectivity index (χ0v) is 20.8. The van der Waals surface area contributed by atoms with Gasteiger partial charge in [-0.2, -0.15) is 0 Å². The number of esters is 4. The molecule has 3 fully saturated rings. The van der Waals surface area contributed by atoms with Gasteiger partial charge in [-0.3, -0.25) is 9.59 Å². The largest absolute Gasteiger partial charge is 0.461 e. The van der Waals surface area contributed by atoms with Crippen molar-refractivity contribution in [2.24, 2.45) is 5.92 Å². The van der Waals surface area contributed by atoms with E-state index in [1.165, 1.54) is 6.92 Å². The highest BCUT2D eigenvalue weighted by molar-refractivity contribution is 5.94. The first kappa shape index (κ1) is 26.3. The molecule has 36 heavy (non-hydrogen) atoms. The Morgan fingerprint density at radius 3 is 2.53 bits per heavy atom. The van der Waals surface area contributed by atoms with Gasteiger partial charge in [0.1, 0.15) is 30.0 Å². The molecule has 1 aliphatic carbocycles. The third kappa shape index (κ3) is 4.12. The van der Waals surface area contributed by atoms with Gasteiger partial charge in [-0.1, -0.05) is 13.5 Å². The van der Waals surface area contributed by atoms with Gasteiger partial charge in [0, 0.05) is 18.9 Å². The molecule has 0 aromatic heterocycles. The Morgan fingerprint density at radius 1 is 1.22 bits per heavy atom. The van der Waals surface area contributed by atoms with E-state index in [1.54, 1.807) is 13.8 Å². The summed E-state index contributed by atoms with van der Waals surface area (Å²) < 4.78 is 28.1. The molecule has 2 N–H and O–H groups in total. The maximum absolute atomic E-state index is 12.9. The van der Waals surface area contributed by atoms with Crippen LogP contribution in [0.15, 0.2) is 23.3 Å². The van der Waals surface area contributed by atoms with E-state index in [0.717, 1.165) is 0 Å². The first-order chi connectivity index (χ1) is 16.8. The molecule has 0 aromatic rings. The summed E-state index contributed by atoms with van der Waals surface area (Å²) >= 11 is 0. The Hall–Kier alpha value is -2.76. The molecule has 0 bridgehead atoms. The molecule has 0 amide bonds. The van der Waals surface area contributed by atoms with Crippen molar-refractivity contribution in [3.63, 3.8) is 0 Å². The Labute approximate surface area is 208 Å². The molecule has 11 nitrogen and oxygen atoms in total. The zero-order chi connectivity index (χ0) is 26.6. The fraction of sp³-hybridized carbons (Fsp3) is 0.680. The van der Waals surface area contributed by atoms with Crippen molar-refractivity contribution >= 4 is 23.9 Å². The van der Waals surface area contributed by atoms with E-state index in [9.17, 15) is 29.4 Å². The number of fused-ring (bicyclic) bond motifs is 4. The number of carbonyl (C=O) groups excluding carboxylic acids is 4. The van der Waals surface area contributed by atoms with Crippen LogP contribution in [0, 0.1) is 5.92 Å². The van der Waals surface area contributed by atoms with Crippen LogP contribution in [0.1, 0.15) is 53.4 Å². The molecule has 198 valence electrons. The molecule has 7 atom stereocenters. The van der Waals surface area contributed by atoms with Crippen LogP contribution in [-0.2, 0) is 42.9 Å². The van der Waals surface area contributed by atoms with Gasteiger partial charge in [0.15, 0.2) is 6.10 Å². The van der Waals surface area contributed by atoms with Gasteiger partial charge < -0.3 is 33.9 Å². The number of epoxide rings is 1. The first-order valence-corrected chi connectivity index (χ1v) is 12.0. The molecular weight excluding hydrogens is 476 g/mol. The highest BCUT2D eigenvalue weighted by Crippen LogP contribution is 2.55. The minimum atomic E-state index is -1.62. The second-order valence-corrected chi connectivity index (χ2v) is 10.3. The average molecular weight is 509 g/mol. The highest BCUT2D eigenvalue weighted by atomic mass is 16.7. The molecule has 3 aliphatic heterocycles. The molecule has 4 rings (SSSR count). The number of aliphatic hydroxyl groups is 2. The molecule has 0 spiro atoms. The predicted octanol–water partition coefficient (Wildman–Crippen LogP) is 0.646. The molecule has 0 radical (unpaired) electrons. The summed E-state index contributed by atoms with van der Waals surface area (Å²) in [6.45, 7) is 8.73. The third-order valence-electron chi connectivity index (χ3n) is 7.93. The number of carbonyl (C=O) groups is 4. The lowest BCUT2D eigenvalue weighted by Gasteiger charge is -2.42. The van der Waals surface area contributed by atoms with Gasteiger partial charge in [-0.15, -0.1) is 0 Å². The second-order valence-electron chi connectivity index (χ2n) is 10.3. The fourth-order valence-corrected chi connectivity index (χ4v) is 5.69. The smallest absolute Gasteiger partial charge is 0.338 e. The molecule has 1 unspecified atom stereocenters. The molecule has 0 aromatic carbocycles. The summed E-state index contributed by atoms with van der Waals surface area (Å²) in [5.74, 6) is -3.73. The van der Waals surface area contributed by atoms with Crippen molar-refractivity contribution in [3.05, 3.63) is 23.3 Å². The number of hydrogen-bond acceptors (Lipinski definition) is 11. The molecule has 3 heterocycles. The van der Waals surface area contributed by atoms with Crippen LogP contribution < -0.4 is 0 Å². The molecule has 2 saturated heterocycles. The van der Waals surface area contributed by atoms with Crippen LogP contribution in [-0.4, -0.2) is 82.4 Å². The monoisotopic (exact) mass is 508 g/mol. The maximum atomic E-state index is 12.9. The van der Waals surface area contributed by atoms with Crippen molar-refractivity contribution in [1.29, 1.82) is 0 Å². The third-order valence-corrected chi connectivity index (χ3v) is 7.93. The Bertz CT molecular complexity index is 1050. The van der Waals surface area contributed by atoms with Gasteiger partial charge in [0.05, 0.1) is 29.3 Å². The van der Waals surface area contributed by atoms with E-state index < -0.39 is 78.1 Å². The Morgan fingerprint density at radius 2 is 1.92 bits per heavy atom. The van der Waals surface area contributed by atoms with Crippen LogP contribution in [0.5, 0.6) is 0 Å². The quantitative estimate of drug-likeness (QED) is 0.224. The van der Waals surface area contributed by atoms with E-state index in [4.69, 9.17) is 23.7 Å². The minimum absolute atomic E-state index is 0.0236. The van der Waals surface area contributed by atoms with Crippen LogP contribution in [0.3, 0.4) is 0 Å². The van der Waals surface area contributed by atoms with Crippen molar-refractivity contribution in [2.45, 2.75) is 88.5 Å². The average Bonchev–Trinajstić information content (AvgIpc) is 3.30. The van der Waals surface area contributed by atoms with Crippen LogP contribution in [0.25, 0.3) is 0 Å². The van der Waals surface area contributed by atoms with Crippen molar-refractivity contribution < 1.29 is 53.1 Å². The van der Waals surface area contributed by atoms with Gasteiger partial charge in [-0.05, 0) is 33.1 Å². The zero-order valence-electron chi connectivity index (χ0n) is 20.8. The van der Waals surface area contributed by atoms with Crippen molar-refractivity contribution in [1.82, 2.24) is 0 Å². The van der Waals surface area contributed by atoms with E-state index in [2.05, 4.69) is 6.58 Å². The lowest BCUT2D eigenvalue weighted by atomic mass is 9.68. The van der Waals surface area contributed by atoms with E-state index in [0.29, 0.717) is 12.8 Å². The predicted molar refractivity (Wildman–Crippen MR) is 120 cm³/mol. The topological polar surface area (TPSA) is 158 Å². The molecule has 4 aliphatic rings. The number of aliphatic hydroxyl groups excluding tert-OH is 1. The molecule has 11 heteroatoms. The summed E-state index contributed by atoms with van der Waals surface area (Å²) in [5.41, 5.74) is -3.98. The lowest BCUT2D eigenvalue weighted by molar-refractivity contribution is -0.167. The molecular formula is C25H32O11. The summed E-state index contributed by atoms with van der Waals surface area (Å²) in [7, 11) is 0. The summed E-state index contributed by atoms with van der Waals surface area (Å²) in [4.78, 5) is 50.0. The van der Waals surface area contributed by atoms with Gasteiger partial charge in [-0.25, -0.2) is 9.59 Å². The molecule has 1 saturated carbocycles. The van der Waals surface area contributed by atoms with E-state index >= 15 is 0 Å². The van der Waals surface area contributed by atoms with E-state index in [1.807, 2.05) is 6.92 Å². The van der Waals surface area contributed by atoms with Crippen LogP contribution >= 0.6 is 0 Å². The van der Waals surface area contributed by atoms with Crippen LogP contribution in [0.2, 0.25) is 0 Å². The van der Waals surface area contributed by atoms with E-state index in [-0.39, 0.29) is 29.6 Å². The summed E-state index contributed by atoms with van der Waals surface area (Å²) in [5, 5.41) is 21.3. The van der Waals surface area contributed by atoms with Crippen molar-refractivity contribution in [3.8, 4) is 0 Å². The van der Waals surface area contributed by atoms with Crippen LogP contribution in [0.4, 0.5) is 0 Å². The number of hydrogen-bond donors (Lipinski definition) is 2. The Kier molecular flexibility index (Phi) is 6.55.